The maximum atomic E-state index is 12.8. The molecule has 2 aromatic carbocycles. The van der Waals surface area contributed by atoms with Crippen LogP contribution in [0.3, 0.4) is 0 Å². The van der Waals surface area contributed by atoms with Gasteiger partial charge in [-0.1, -0.05) is 30.3 Å². The van der Waals surface area contributed by atoms with Crippen molar-refractivity contribution in [3.63, 3.8) is 0 Å². The Morgan fingerprint density at radius 3 is 2.58 bits per heavy atom. The number of Topliss-reactive ketones (excluding diaryl/α,β-unsaturated/α-hetero) is 1. The van der Waals surface area contributed by atoms with Crippen molar-refractivity contribution in [1.82, 2.24) is 14.6 Å². The summed E-state index contributed by atoms with van der Waals surface area (Å²) in [7, 11) is -3.45. The summed E-state index contributed by atoms with van der Waals surface area (Å²) in [6.07, 6.45) is 4.84. The minimum absolute atomic E-state index is 0.0174. The summed E-state index contributed by atoms with van der Waals surface area (Å²) in [5, 5.41) is 5.33. The zero-order valence-corrected chi connectivity index (χ0v) is 18.0. The summed E-state index contributed by atoms with van der Waals surface area (Å²) in [6.45, 7) is 2.34. The smallest absolute Gasteiger partial charge is 0.243 e. The van der Waals surface area contributed by atoms with E-state index < -0.39 is 10.0 Å². The van der Waals surface area contributed by atoms with Crippen LogP contribution in [0.15, 0.2) is 65.8 Å². The van der Waals surface area contributed by atoms with E-state index in [0.29, 0.717) is 37.5 Å². The molecular formula is C24H25N3O3S. The molecule has 0 radical (unpaired) electrons. The second-order valence-electron chi connectivity index (χ2n) is 8.37. The first-order valence-corrected chi connectivity index (χ1v) is 12.1. The number of carbonyl (C=O) groups excluding carboxylic acids is 1. The van der Waals surface area contributed by atoms with Gasteiger partial charge < -0.3 is 5.32 Å². The van der Waals surface area contributed by atoms with Crippen LogP contribution >= 0.6 is 0 Å². The Labute approximate surface area is 182 Å². The van der Waals surface area contributed by atoms with Crippen molar-refractivity contribution in [3.05, 3.63) is 72.1 Å². The van der Waals surface area contributed by atoms with E-state index in [2.05, 4.69) is 16.4 Å². The van der Waals surface area contributed by atoms with Gasteiger partial charge in [-0.25, -0.2) is 8.42 Å². The van der Waals surface area contributed by atoms with Crippen molar-refractivity contribution in [1.29, 1.82) is 0 Å². The second kappa shape index (κ2) is 8.15. The maximum absolute atomic E-state index is 12.8. The zero-order chi connectivity index (χ0) is 21.4. The first-order valence-electron chi connectivity index (χ1n) is 10.7. The molecule has 0 bridgehead atoms. The minimum Gasteiger partial charge on any atom is -0.314 e. The maximum Gasteiger partial charge on any atom is 0.243 e. The molecule has 5 rings (SSSR count). The third kappa shape index (κ3) is 4.13. The van der Waals surface area contributed by atoms with E-state index in [0.717, 1.165) is 28.3 Å². The molecule has 6 nitrogen and oxygen atoms in total. The van der Waals surface area contributed by atoms with Gasteiger partial charge in [-0.15, -0.1) is 0 Å². The van der Waals surface area contributed by atoms with E-state index in [1.54, 1.807) is 18.3 Å². The molecule has 1 aromatic heterocycles. The van der Waals surface area contributed by atoms with Gasteiger partial charge in [0.25, 0.3) is 0 Å². The number of aromatic nitrogens is 1. The molecule has 1 aliphatic carbocycles. The van der Waals surface area contributed by atoms with Crippen molar-refractivity contribution < 1.29 is 13.2 Å². The zero-order valence-electron chi connectivity index (χ0n) is 17.2. The van der Waals surface area contributed by atoms with Crippen LogP contribution in [0.25, 0.3) is 10.8 Å². The number of hydrogen-bond acceptors (Lipinski definition) is 5. The van der Waals surface area contributed by atoms with Crippen LogP contribution in [0.5, 0.6) is 0 Å². The minimum atomic E-state index is -3.45. The average molecular weight is 436 g/mol. The quantitative estimate of drug-likeness (QED) is 0.644. The van der Waals surface area contributed by atoms with Crippen molar-refractivity contribution in [2.24, 2.45) is 5.92 Å². The number of piperazine rings is 1. The standard InChI is InChI=1S/C24H25N3O3S/c28-24(14-17-1-2-20-16-26-8-7-19(20)13-17)23-15-22(23)18-3-5-21(6-4-18)31(29,30)27-11-9-25-10-12-27/h1-8,13,16,22-23,25H,9-12,14-15H2/t22?,23-/m1/s1. The van der Waals surface area contributed by atoms with Crippen molar-refractivity contribution in [3.8, 4) is 0 Å². The molecule has 0 spiro atoms. The fourth-order valence-corrected chi connectivity index (χ4v) is 5.86. The van der Waals surface area contributed by atoms with Crippen molar-refractivity contribution >= 4 is 26.6 Å². The van der Waals surface area contributed by atoms with Crippen molar-refractivity contribution in [2.75, 3.05) is 26.2 Å². The molecule has 31 heavy (non-hydrogen) atoms. The van der Waals surface area contributed by atoms with E-state index in [-0.39, 0.29) is 17.6 Å². The second-order valence-corrected chi connectivity index (χ2v) is 10.3. The van der Waals surface area contributed by atoms with E-state index in [1.165, 1.54) is 4.31 Å². The summed E-state index contributed by atoms with van der Waals surface area (Å²) >= 11 is 0. The average Bonchev–Trinajstić information content (AvgIpc) is 3.61. The largest absolute Gasteiger partial charge is 0.314 e. The first kappa shape index (κ1) is 20.3. The van der Waals surface area contributed by atoms with Crippen LogP contribution in [-0.4, -0.2) is 49.7 Å². The molecule has 160 valence electrons. The van der Waals surface area contributed by atoms with Gasteiger partial charge in [0.2, 0.25) is 10.0 Å². The summed E-state index contributed by atoms with van der Waals surface area (Å²) in [5.41, 5.74) is 2.06. The van der Waals surface area contributed by atoms with E-state index in [4.69, 9.17) is 0 Å². The molecule has 1 N–H and O–H groups in total. The molecule has 1 saturated heterocycles. The Hall–Kier alpha value is -2.61. The molecule has 7 heteroatoms. The van der Waals surface area contributed by atoms with Crippen LogP contribution in [0.1, 0.15) is 23.5 Å². The highest BCUT2D eigenvalue weighted by Gasteiger charge is 2.43. The van der Waals surface area contributed by atoms with Gasteiger partial charge in [-0.05, 0) is 47.1 Å². The molecule has 2 atom stereocenters. The van der Waals surface area contributed by atoms with E-state index in [1.807, 2.05) is 36.5 Å². The predicted octanol–water partition coefficient (Wildman–Crippen LogP) is 2.74. The number of nitrogens with zero attached hydrogens (tertiary/aromatic N) is 2. The number of ketones is 1. The highest BCUT2D eigenvalue weighted by atomic mass is 32.2. The van der Waals surface area contributed by atoms with Crippen LogP contribution in [0.4, 0.5) is 0 Å². The highest BCUT2D eigenvalue weighted by Crippen LogP contribution is 2.48. The Morgan fingerprint density at radius 1 is 1.03 bits per heavy atom. The van der Waals surface area contributed by atoms with Crippen LogP contribution in [-0.2, 0) is 21.2 Å². The van der Waals surface area contributed by atoms with Gasteiger partial charge in [0.1, 0.15) is 5.78 Å². The third-order valence-corrected chi connectivity index (χ3v) is 8.22. The van der Waals surface area contributed by atoms with Gasteiger partial charge in [0.05, 0.1) is 4.90 Å². The number of pyridine rings is 1. The number of fused-ring (bicyclic) bond motifs is 1. The number of benzene rings is 2. The van der Waals surface area contributed by atoms with Gasteiger partial charge in [0.15, 0.2) is 0 Å². The predicted molar refractivity (Wildman–Crippen MR) is 119 cm³/mol. The van der Waals surface area contributed by atoms with E-state index >= 15 is 0 Å². The van der Waals surface area contributed by atoms with Crippen LogP contribution < -0.4 is 5.32 Å². The number of rotatable bonds is 6. The Morgan fingerprint density at radius 2 is 1.81 bits per heavy atom. The Balaban J connectivity index is 1.24. The molecule has 0 amide bonds. The highest BCUT2D eigenvalue weighted by molar-refractivity contribution is 7.89. The molecular weight excluding hydrogens is 410 g/mol. The van der Waals surface area contributed by atoms with Crippen molar-refractivity contribution in [2.45, 2.75) is 23.7 Å². The van der Waals surface area contributed by atoms with Gasteiger partial charge in [0, 0.05) is 56.3 Å². The fourth-order valence-electron chi connectivity index (χ4n) is 4.42. The van der Waals surface area contributed by atoms with Crippen LogP contribution in [0, 0.1) is 5.92 Å². The lowest BCUT2D eigenvalue weighted by Gasteiger charge is -2.26. The molecule has 2 aliphatic rings. The molecule has 1 saturated carbocycles. The first-order chi connectivity index (χ1) is 15.0. The third-order valence-electron chi connectivity index (χ3n) is 6.31. The topological polar surface area (TPSA) is 79.4 Å². The monoisotopic (exact) mass is 435 g/mol. The number of nitrogens with one attached hydrogen (secondary N) is 1. The number of hydrogen-bond donors (Lipinski definition) is 1. The summed E-state index contributed by atoms with van der Waals surface area (Å²) in [4.78, 5) is 17.3. The van der Waals surface area contributed by atoms with Gasteiger partial charge in [-0.2, -0.15) is 4.31 Å². The summed E-state index contributed by atoms with van der Waals surface area (Å²) in [5.74, 6) is 0.452. The number of sulfonamides is 1. The SMILES string of the molecule is O=C(Cc1ccc2cnccc2c1)[C@@H]1CC1c1ccc(S(=O)(=O)N2CCNCC2)cc1. The van der Waals surface area contributed by atoms with Gasteiger partial charge in [-0.3, -0.25) is 9.78 Å². The van der Waals surface area contributed by atoms with Gasteiger partial charge >= 0.3 is 0 Å². The van der Waals surface area contributed by atoms with E-state index in [9.17, 15) is 13.2 Å². The molecule has 1 unspecified atom stereocenters. The van der Waals surface area contributed by atoms with Crippen LogP contribution in [0.2, 0.25) is 0 Å². The lowest BCUT2D eigenvalue weighted by molar-refractivity contribution is -0.119. The fraction of sp³-hybridized carbons (Fsp3) is 0.333. The Kier molecular flexibility index (Phi) is 5.33. The lowest BCUT2D eigenvalue weighted by atomic mass is 10.0. The summed E-state index contributed by atoms with van der Waals surface area (Å²) < 4.78 is 27.1. The molecule has 2 fully saturated rings. The lowest BCUT2D eigenvalue weighted by Crippen LogP contribution is -2.46. The Bertz CT molecular complexity index is 1220. The molecule has 2 heterocycles. The molecule has 1 aliphatic heterocycles. The number of carbonyl (C=O) groups is 1. The normalized spacial score (nSPS) is 21.8. The molecule has 3 aromatic rings. The summed E-state index contributed by atoms with van der Waals surface area (Å²) in [6, 6.07) is 15.1.